The maximum Gasteiger partial charge on any atom is 0.135 e. The Labute approximate surface area is 222 Å². The van der Waals surface area contributed by atoms with Crippen LogP contribution in [0.3, 0.4) is 0 Å². The summed E-state index contributed by atoms with van der Waals surface area (Å²) in [5, 5.41) is 0. The number of aryl methyl sites for hydroxylation is 2. The predicted octanol–water partition coefficient (Wildman–Crippen LogP) is 8.48. The summed E-state index contributed by atoms with van der Waals surface area (Å²) < 4.78 is 6.83. The van der Waals surface area contributed by atoms with Gasteiger partial charge in [0, 0.05) is 48.7 Å². The van der Waals surface area contributed by atoms with Crippen molar-refractivity contribution in [3.63, 3.8) is 0 Å². The van der Waals surface area contributed by atoms with Crippen LogP contribution in [0, 0.1) is 13.8 Å². The molecule has 3 nitrogen and oxygen atoms in total. The van der Waals surface area contributed by atoms with Crippen molar-refractivity contribution in [1.29, 1.82) is 0 Å². The van der Waals surface area contributed by atoms with Crippen LogP contribution >= 0.6 is 0 Å². The maximum atomic E-state index is 6.83. The summed E-state index contributed by atoms with van der Waals surface area (Å²) in [6.45, 7) is 15.1. The Kier molecular flexibility index (Phi) is 8.83. The molecule has 3 heteroatoms. The molecule has 4 aromatic carbocycles. The van der Waals surface area contributed by atoms with E-state index in [2.05, 4.69) is 122 Å². The number of para-hydroxylation sites is 4. The van der Waals surface area contributed by atoms with E-state index in [1.807, 2.05) is 24.3 Å². The molecule has 0 unspecified atom stereocenters. The molecule has 0 amide bonds. The molecule has 0 saturated heterocycles. The van der Waals surface area contributed by atoms with Crippen LogP contribution in [0.15, 0.2) is 122 Å². The second-order valence-corrected chi connectivity index (χ2v) is 9.24. The fraction of sp³-hybridized carbons (Fsp3) is 0.176. The van der Waals surface area contributed by atoms with Gasteiger partial charge in [-0.15, -0.1) is 13.2 Å². The van der Waals surface area contributed by atoms with Crippen LogP contribution in [0.5, 0.6) is 11.5 Å². The first-order valence-electron chi connectivity index (χ1n) is 12.8. The van der Waals surface area contributed by atoms with E-state index < -0.39 is 0 Å². The zero-order valence-electron chi connectivity index (χ0n) is 21.9. The predicted molar refractivity (Wildman–Crippen MR) is 158 cm³/mol. The number of nitrogens with zero attached hydrogens (tertiary/aromatic N) is 2. The number of anilines is 2. The van der Waals surface area contributed by atoms with E-state index in [0.29, 0.717) is 0 Å². The molecule has 0 heterocycles. The van der Waals surface area contributed by atoms with Crippen molar-refractivity contribution in [3.05, 3.63) is 145 Å². The minimum Gasteiger partial charge on any atom is -0.456 e. The Hall–Kier alpha value is -4.24. The van der Waals surface area contributed by atoms with Gasteiger partial charge in [0.05, 0.1) is 0 Å². The summed E-state index contributed by atoms with van der Waals surface area (Å²) in [5.74, 6) is 1.83. The van der Waals surface area contributed by atoms with Crippen LogP contribution < -0.4 is 14.5 Å². The Morgan fingerprint density at radius 2 is 0.973 bits per heavy atom. The first kappa shape index (κ1) is 25.8. The van der Waals surface area contributed by atoms with Gasteiger partial charge in [-0.1, -0.05) is 84.9 Å². The lowest BCUT2D eigenvalue weighted by Gasteiger charge is -2.27. The van der Waals surface area contributed by atoms with Gasteiger partial charge in [-0.05, 0) is 49.2 Å². The summed E-state index contributed by atoms with van der Waals surface area (Å²) >= 11 is 0. The molecule has 0 saturated carbocycles. The Morgan fingerprint density at radius 1 is 0.568 bits per heavy atom. The van der Waals surface area contributed by atoms with Gasteiger partial charge in [-0.2, -0.15) is 0 Å². The lowest BCUT2D eigenvalue weighted by atomic mass is 10.1. The van der Waals surface area contributed by atoms with E-state index in [0.717, 1.165) is 71.3 Å². The van der Waals surface area contributed by atoms with E-state index in [1.165, 1.54) is 0 Å². The molecule has 0 N–H and O–H groups in total. The molecular formula is C34H36N2O. The zero-order chi connectivity index (χ0) is 26.0. The van der Waals surface area contributed by atoms with Crippen molar-refractivity contribution in [2.75, 3.05) is 22.9 Å². The average molecular weight is 489 g/mol. The summed E-state index contributed by atoms with van der Waals surface area (Å²) in [5.41, 5.74) is 6.84. The second kappa shape index (κ2) is 12.6. The minimum absolute atomic E-state index is 0.723. The van der Waals surface area contributed by atoms with Crippen LogP contribution in [-0.4, -0.2) is 13.1 Å². The normalized spacial score (nSPS) is 10.5. The van der Waals surface area contributed by atoms with Crippen LogP contribution in [0.4, 0.5) is 11.4 Å². The summed E-state index contributed by atoms with van der Waals surface area (Å²) in [6, 6.07) is 33.7. The Balaban J connectivity index is 1.68. The molecule has 0 aliphatic carbocycles. The van der Waals surface area contributed by atoms with Crippen LogP contribution in [0.25, 0.3) is 0 Å². The molecule has 0 aliphatic heterocycles. The molecule has 4 aromatic rings. The van der Waals surface area contributed by atoms with Crippen molar-refractivity contribution in [2.24, 2.45) is 0 Å². The van der Waals surface area contributed by atoms with Gasteiger partial charge >= 0.3 is 0 Å². The van der Waals surface area contributed by atoms with Crippen molar-refractivity contribution in [2.45, 2.75) is 26.9 Å². The molecule has 0 fully saturated rings. The minimum atomic E-state index is 0.723. The molecule has 0 aliphatic rings. The maximum absolute atomic E-state index is 6.83. The molecule has 188 valence electrons. The first-order chi connectivity index (χ1) is 18.1. The van der Waals surface area contributed by atoms with E-state index in [4.69, 9.17) is 4.74 Å². The Morgan fingerprint density at radius 3 is 1.35 bits per heavy atom. The van der Waals surface area contributed by atoms with Gasteiger partial charge in [-0.25, -0.2) is 0 Å². The average Bonchev–Trinajstić information content (AvgIpc) is 2.92. The summed E-state index contributed by atoms with van der Waals surface area (Å²) in [7, 11) is 0. The van der Waals surface area contributed by atoms with Gasteiger partial charge in [0.25, 0.3) is 0 Å². The van der Waals surface area contributed by atoms with E-state index in [1.54, 1.807) is 0 Å². The van der Waals surface area contributed by atoms with Gasteiger partial charge in [-0.3, -0.25) is 0 Å². The highest BCUT2D eigenvalue weighted by molar-refractivity contribution is 5.54. The van der Waals surface area contributed by atoms with Crippen molar-refractivity contribution >= 4 is 11.4 Å². The van der Waals surface area contributed by atoms with Crippen molar-refractivity contribution < 1.29 is 4.74 Å². The first-order valence-corrected chi connectivity index (χ1v) is 12.8. The van der Waals surface area contributed by atoms with Gasteiger partial charge in [0.15, 0.2) is 0 Å². The number of rotatable bonds is 12. The molecule has 4 rings (SSSR count). The number of benzene rings is 4. The molecule has 0 bridgehead atoms. The molecule has 0 radical (unpaired) electrons. The molecule has 0 spiro atoms. The Bertz CT molecular complexity index is 1210. The van der Waals surface area contributed by atoms with Crippen LogP contribution in [-0.2, 0) is 13.1 Å². The fourth-order valence-electron chi connectivity index (χ4n) is 4.59. The number of hydrogen-bond donors (Lipinski definition) is 0. The third-order valence-corrected chi connectivity index (χ3v) is 6.46. The summed E-state index contributed by atoms with van der Waals surface area (Å²) in [6.07, 6.45) is 3.89. The molecule has 0 atom stereocenters. The lowest BCUT2D eigenvalue weighted by molar-refractivity contribution is 0.461. The lowest BCUT2D eigenvalue weighted by Crippen LogP contribution is -2.23. The summed E-state index contributed by atoms with van der Waals surface area (Å²) in [4.78, 5) is 4.63. The largest absolute Gasteiger partial charge is 0.456 e. The third-order valence-electron chi connectivity index (χ3n) is 6.46. The fourth-order valence-corrected chi connectivity index (χ4v) is 4.59. The molecule has 37 heavy (non-hydrogen) atoms. The second-order valence-electron chi connectivity index (χ2n) is 9.24. The SMILES string of the molecule is C=CCN(Cc1cccc(C)c1Oc1c(C)cccc1CN(CC=C)c1ccccc1)c1ccccc1. The topological polar surface area (TPSA) is 15.7 Å². The van der Waals surface area contributed by atoms with Crippen molar-refractivity contribution in [3.8, 4) is 11.5 Å². The molecular weight excluding hydrogens is 452 g/mol. The van der Waals surface area contributed by atoms with Crippen LogP contribution in [0.1, 0.15) is 22.3 Å². The monoisotopic (exact) mass is 488 g/mol. The van der Waals surface area contributed by atoms with Gasteiger partial charge in [0.1, 0.15) is 11.5 Å². The molecule has 0 aromatic heterocycles. The smallest absolute Gasteiger partial charge is 0.135 e. The van der Waals surface area contributed by atoms with E-state index in [9.17, 15) is 0 Å². The van der Waals surface area contributed by atoms with E-state index >= 15 is 0 Å². The highest BCUT2D eigenvalue weighted by Crippen LogP contribution is 2.36. The number of ether oxygens (including phenoxy) is 1. The zero-order valence-corrected chi connectivity index (χ0v) is 21.9. The standard InChI is InChI=1S/C34H36N2O/c1-5-23-35(31-19-9-7-10-20-31)25-29-17-13-15-27(3)33(29)37-34-28(4)16-14-18-30(34)26-36(24-6-2)32-21-11-8-12-22-32/h5-22H,1-2,23-26H2,3-4H3. The van der Waals surface area contributed by atoms with Crippen LogP contribution in [0.2, 0.25) is 0 Å². The third kappa shape index (κ3) is 6.50. The quantitative estimate of drug-likeness (QED) is 0.186. The van der Waals surface area contributed by atoms with E-state index in [-0.39, 0.29) is 0 Å². The van der Waals surface area contributed by atoms with Gasteiger partial charge in [0.2, 0.25) is 0 Å². The van der Waals surface area contributed by atoms with Crippen molar-refractivity contribution in [1.82, 2.24) is 0 Å². The van der Waals surface area contributed by atoms with Gasteiger partial charge < -0.3 is 14.5 Å². The highest BCUT2D eigenvalue weighted by Gasteiger charge is 2.17. The number of hydrogen-bond acceptors (Lipinski definition) is 3. The highest BCUT2D eigenvalue weighted by atomic mass is 16.5.